The van der Waals surface area contributed by atoms with Gasteiger partial charge in [-0.1, -0.05) is 12.1 Å². The van der Waals surface area contributed by atoms with Gasteiger partial charge in [-0.3, -0.25) is 9.59 Å². The minimum absolute atomic E-state index is 0.0849. The first-order valence-electron chi connectivity index (χ1n) is 9.45. The van der Waals surface area contributed by atoms with Crippen molar-refractivity contribution in [1.82, 2.24) is 4.90 Å². The predicted octanol–water partition coefficient (Wildman–Crippen LogP) is 3.87. The molecular weight excluding hydrogens is 383 g/mol. The topological polar surface area (TPSA) is 72.6 Å². The maximum absolute atomic E-state index is 14.2. The summed E-state index contributed by atoms with van der Waals surface area (Å²) in [6.07, 6.45) is 0.509. The fourth-order valence-electron chi connectivity index (χ4n) is 3.92. The number of halogens is 1. The van der Waals surface area contributed by atoms with E-state index in [1.54, 1.807) is 38.4 Å². The number of benzene rings is 3. The predicted molar refractivity (Wildman–Crippen MR) is 113 cm³/mol. The lowest BCUT2D eigenvalue weighted by molar-refractivity contribution is 0.0827. The number of hydrogen-bond acceptors (Lipinski definition) is 3. The molecule has 0 aromatic heterocycles. The van der Waals surface area contributed by atoms with Crippen molar-refractivity contribution in [3.63, 3.8) is 0 Å². The highest BCUT2D eigenvalue weighted by Crippen LogP contribution is 2.41. The van der Waals surface area contributed by atoms with Gasteiger partial charge in [0.1, 0.15) is 0 Å². The van der Waals surface area contributed by atoms with Crippen LogP contribution in [0.25, 0.3) is 22.3 Å². The molecule has 4 rings (SSSR count). The Kier molecular flexibility index (Phi) is 4.78. The third kappa shape index (κ3) is 3.20. The van der Waals surface area contributed by atoms with Crippen LogP contribution in [0.15, 0.2) is 48.5 Å². The maximum Gasteiger partial charge on any atom is 0.253 e. The van der Waals surface area contributed by atoms with E-state index in [-0.39, 0.29) is 11.7 Å². The number of amides is 2. The number of fused-ring (bicyclic) bond motifs is 3. The van der Waals surface area contributed by atoms with Gasteiger partial charge in [0, 0.05) is 25.2 Å². The molecule has 0 saturated heterocycles. The van der Waals surface area contributed by atoms with E-state index in [0.29, 0.717) is 28.7 Å². The largest absolute Gasteiger partial charge is 0.494 e. The van der Waals surface area contributed by atoms with Crippen LogP contribution in [0.3, 0.4) is 0 Å². The summed E-state index contributed by atoms with van der Waals surface area (Å²) < 4.78 is 19.2. The average molecular weight is 404 g/mol. The molecule has 0 bridgehead atoms. The van der Waals surface area contributed by atoms with Crippen LogP contribution in [0.4, 0.5) is 4.39 Å². The van der Waals surface area contributed by atoms with Gasteiger partial charge in [0.2, 0.25) is 5.91 Å². The molecule has 5 nitrogen and oxygen atoms in total. The summed E-state index contributed by atoms with van der Waals surface area (Å²) in [5, 5.41) is 0. The van der Waals surface area contributed by atoms with Crippen LogP contribution < -0.4 is 10.5 Å². The van der Waals surface area contributed by atoms with Crippen LogP contribution in [-0.2, 0) is 6.42 Å². The van der Waals surface area contributed by atoms with E-state index in [4.69, 9.17) is 10.5 Å². The number of rotatable bonds is 4. The molecule has 0 heterocycles. The zero-order valence-corrected chi connectivity index (χ0v) is 17.0. The molecule has 0 saturated carbocycles. The smallest absolute Gasteiger partial charge is 0.253 e. The van der Waals surface area contributed by atoms with Crippen molar-refractivity contribution in [3.05, 3.63) is 76.6 Å². The SMILES string of the molecule is COc1ccc(-c2cc(C(N)=O)c3c(c2)-c2ccc(C(=O)N(C)C)cc2C3)cc1F. The van der Waals surface area contributed by atoms with Gasteiger partial charge < -0.3 is 15.4 Å². The van der Waals surface area contributed by atoms with Crippen molar-refractivity contribution in [3.8, 4) is 28.0 Å². The first-order chi connectivity index (χ1) is 14.3. The second-order valence-corrected chi connectivity index (χ2v) is 7.51. The Morgan fingerprint density at radius 3 is 2.40 bits per heavy atom. The minimum Gasteiger partial charge on any atom is -0.494 e. The van der Waals surface area contributed by atoms with Crippen molar-refractivity contribution in [2.45, 2.75) is 6.42 Å². The van der Waals surface area contributed by atoms with E-state index in [1.807, 2.05) is 18.2 Å². The molecule has 6 heteroatoms. The van der Waals surface area contributed by atoms with Crippen molar-refractivity contribution < 1.29 is 18.7 Å². The van der Waals surface area contributed by atoms with Gasteiger partial charge in [-0.25, -0.2) is 4.39 Å². The highest BCUT2D eigenvalue weighted by atomic mass is 19.1. The Morgan fingerprint density at radius 1 is 1.00 bits per heavy atom. The van der Waals surface area contributed by atoms with Gasteiger partial charge in [0.05, 0.1) is 7.11 Å². The molecule has 2 N–H and O–H groups in total. The Hall–Kier alpha value is -3.67. The molecule has 2 amide bonds. The summed E-state index contributed by atoms with van der Waals surface area (Å²) in [7, 11) is 4.82. The molecule has 0 spiro atoms. The molecule has 0 unspecified atom stereocenters. The highest BCUT2D eigenvalue weighted by molar-refractivity contribution is 6.01. The number of nitrogens with two attached hydrogens (primary N) is 1. The molecular formula is C24H21FN2O3. The van der Waals surface area contributed by atoms with Crippen LogP contribution in [0, 0.1) is 5.82 Å². The number of carbonyl (C=O) groups is 2. The lowest BCUT2D eigenvalue weighted by Gasteiger charge is -2.12. The van der Waals surface area contributed by atoms with E-state index in [2.05, 4.69) is 0 Å². The third-order valence-electron chi connectivity index (χ3n) is 5.42. The van der Waals surface area contributed by atoms with Crippen LogP contribution in [0.5, 0.6) is 5.75 Å². The fraction of sp³-hybridized carbons (Fsp3) is 0.167. The Balaban J connectivity index is 1.86. The molecule has 30 heavy (non-hydrogen) atoms. The first kappa shape index (κ1) is 19.6. The van der Waals surface area contributed by atoms with Crippen LogP contribution >= 0.6 is 0 Å². The van der Waals surface area contributed by atoms with Crippen molar-refractivity contribution >= 4 is 11.8 Å². The van der Waals surface area contributed by atoms with Gasteiger partial charge in [-0.05, 0) is 76.2 Å². The molecule has 3 aromatic carbocycles. The van der Waals surface area contributed by atoms with Crippen LogP contribution in [0.1, 0.15) is 31.8 Å². The van der Waals surface area contributed by atoms with Gasteiger partial charge in [0.25, 0.3) is 5.91 Å². The van der Waals surface area contributed by atoms with E-state index in [0.717, 1.165) is 22.3 Å². The summed E-state index contributed by atoms with van der Waals surface area (Å²) >= 11 is 0. The normalized spacial score (nSPS) is 11.6. The fourth-order valence-corrected chi connectivity index (χ4v) is 3.92. The summed E-state index contributed by atoms with van der Waals surface area (Å²) in [5.41, 5.74) is 11.6. The summed E-state index contributed by atoms with van der Waals surface area (Å²) in [6.45, 7) is 0. The van der Waals surface area contributed by atoms with Crippen molar-refractivity contribution in [1.29, 1.82) is 0 Å². The molecule has 0 atom stereocenters. The Morgan fingerprint density at radius 2 is 1.77 bits per heavy atom. The lowest BCUT2D eigenvalue weighted by Crippen LogP contribution is -2.21. The lowest BCUT2D eigenvalue weighted by atomic mass is 9.94. The molecule has 152 valence electrons. The summed E-state index contributed by atoms with van der Waals surface area (Å²) in [5.74, 6) is -0.959. The van der Waals surface area contributed by atoms with E-state index in [9.17, 15) is 14.0 Å². The second kappa shape index (κ2) is 7.30. The Bertz CT molecular complexity index is 1200. The summed E-state index contributed by atoms with van der Waals surface area (Å²) in [6, 6.07) is 13.8. The molecule has 1 aliphatic rings. The van der Waals surface area contributed by atoms with Gasteiger partial charge >= 0.3 is 0 Å². The Labute approximate surface area is 173 Å². The standard InChI is InChI=1S/C24H21FN2O3/c1-27(2)24(29)14-4-6-17-16(8-14)11-19-18(17)9-15(10-20(19)23(26)28)13-5-7-22(30-3)21(25)12-13/h4-10,12H,11H2,1-3H3,(H2,26,28). The van der Waals surface area contributed by atoms with Crippen molar-refractivity contribution in [2.24, 2.45) is 5.73 Å². The first-order valence-corrected chi connectivity index (χ1v) is 9.45. The van der Waals surface area contributed by atoms with Gasteiger partial charge in [-0.15, -0.1) is 0 Å². The number of carbonyl (C=O) groups excluding carboxylic acids is 2. The third-order valence-corrected chi connectivity index (χ3v) is 5.42. The number of primary amides is 1. The number of ether oxygens (including phenoxy) is 1. The van der Waals surface area contributed by atoms with E-state index < -0.39 is 11.7 Å². The van der Waals surface area contributed by atoms with Crippen LogP contribution in [-0.4, -0.2) is 37.9 Å². The zero-order valence-electron chi connectivity index (χ0n) is 17.0. The zero-order chi connectivity index (χ0) is 21.6. The second-order valence-electron chi connectivity index (χ2n) is 7.51. The van der Waals surface area contributed by atoms with E-state index >= 15 is 0 Å². The van der Waals surface area contributed by atoms with Gasteiger partial charge in [-0.2, -0.15) is 0 Å². The molecule has 3 aromatic rings. The molecule has 0 fully saturated rings. The maximum atomic E-state index is 14.2. The summed E-state index contributed by atoms with van der Waals surface area (Å²) in [4.78, 5) is 26.0. The van der Waals surface area contributed by atoms with Crippen molar-refractivity contribution in [2.75, 3.05) is 21.2 Å². The van der Waals surface area contributed by atoms with E-state index in [1.165, 1.54) is 18.1 Å². The van der Waals surface area contributed by atoms with Gasteiger partial charge in [0.15, 0.2) is 11.6 Å². The van der Waals surface area contributed by atoms with Crippen LogP contribution in [0.2, 0.25) is 0 Å². The number of methoxy groups -OCH3 is 1. The molecule has 0 radical (unpaired) electrons. The highest BCUT2D eigenvalue weighted by Gasteiger charge is 2.26. The average Bonchev–Trinajstić information content (AvgIpc) is 3.09. The number of hydrogen-bond donors (Lipinski definition) is 1. The minimum atomic E-state index is -0.542. The molecule has 0 aliphatic heterocycles. The number of nitrogens with zero attached hydrogens (tertiary/aromatic N) is 1. The monoisotopic (exact) mass is 404 g/mol. The molecule has 1 aliphatic carbocycles. The quantitative estimate of drug-likeness (QED) is 0.561.